The Bertz CT molecular complexity index is 1070. The van der Waals surface area contributed by atoms with Gasteiger partial charge in [-0.1, -0.05) is 24.3 Å². The number of anilines is 1. The molecule has 0 saturated carbocycles. The summed E-state index contributed by atoms with van der Waals surface area (Å²) >= 11 is 3.39. The molecule has 0 amide bonds. The summed E-state index contributed by atoms with van der Waals surface area (Å²) in [6, 6.07) is 7.21. The smallest absolute Gasteiger partial charge is 0.329 e. The predicted octanol–water partition coefficient (Wildman–Crippen LogP) is 4.62. The van der Waals surface area contributed by atoms with Crippen molar-refractivity contribution in [2.24, 2.45) is 0 Å². The van der Waals surface area contributed by atoms with Gasteiger partial charge in [0, 0.05) is 18.4 Å². The third kappa shape index (κ3) is 3.32. The zero-order valence-electron chi connectivity index (χ0n) is 15.5. The van der Waals surface area contributed by atoms with Gasteiger partial charge in [-0.3, -0.25) is 0 Å². The minimum absolute atomic E-state index is 0.292. The van der Waals surface area contributed by atoms with Crippen molar-refractivity contribution < 1.29 is 13.9 Å². The van der Waals surface area contributed by atoms with Crippen LogP contribution in [0.25, 0.3) is 22.1 Å². The Labute approximate surface area is 165 Å². The maximum Gasteiger partial charge on any atom is 0.329 e. The van der Waals surface area contributed by atoms with Crippen LogP contribution in [0.15, 0.2) is 45.6 Å². The second-order valence-corrected chi connectivity index (χ2v) is 8.43. The Kier molecular flexibility index (Phi) is 4.22. The number of fused-ring (bicyclic) bond motifs is 3. The number of ether oxygens (including phenoxy) is 1. The fourth-order valence-corrected chi connectivity index (χ4v) is 3.69. The van der Waals surface area contributed by atoms with Crippen molar-refractivity contribution in [1.29, 1.82) is 0 Å². The number of carbonyl (C=O) groups is 1. The molecule has 1 aromatic carbocycles. The van der Waals surface area contributed by atoms with Crippen LogP contribution in [0.4, 0.5) is 5.82 Å². The quantitative estimate of drug-likeness (QED) is 0.336. The number of nitrogens with zero attached hydrogens (tertiary/aromatic N) is 3. The molecule has 6 nitrogen and oxygen atoms in total. The largest absolute Gasteiger partial charge is 0.458 e. The number of rotatable bonds is 2. The zero-order chi connectivity index (χ0) is 19.3. The standard InChI is InChI=1S/C20H20BrN3O3/c1-11-9-13(18(25)27-20(2,3)4)24(10-11)17-16-15(22-19(21)23-17)12-7-5-6-8-14(12)26-16/h5-8,13H,1,9-10H2,2-4H3/t13-/m0/s1. The first kappa shape index (κ1) is 18.0. The Balaban J connectivity index is 1.84. The first-order valence-electron chi connectivity index (χ1n) is 8.74. The molecule has 140 valence electrons. The highest BCUT2D eigenvalue weighted by atomic mass is 79.9. The lowest BCUT2D eigenvalue weighted by Crippen LogP contribution is -2.41. The molecular formula is C20H20BrN3O3. The molecule has 1 atom stereocenters. The number of halogens is 1. The summed E-state index contributed by atoms with van der Waals surface area (Å²) in [6.07, 6.45) is 0.526. The molecule has 1 aliphatic heterocycles. The molecule has 27 heavy (non-hydrogen) atoms. The van der Waals surface area contributed by atoms with Crippen molar-refractivity contribution in [3.05, 3.63) is 41.2 Å². The number of esters is 1. The molecule has 0 unspecified atom stereocenters. The van der Waals surface area contributed by atoms with Crippen LogP contribution in [0.5, 0.6) is 0 Å². The van der Waals surface area contributed by atoms with Gasteiger partial charge in [0.05, 0.1) is 0 Å². The van der Waals surface area contributed by atoms with E-state index in [0.29, 0.717) is 34.6 Å². The van der Waals surface area contributed by atoms with E-state index < -0.39 is 11.6 Å². The van der Waals surface area contributed by atoms with E-state index in [1.165, 1.54) is 0 Å². The predicted molar refractivity (Wildman–Crippen MR) is 108 cm³/mol. The van der Waals surface area contributed by atoms with Gasteiger partial charge in [0.15, 0.2) is 16.1 Å². The summed E-state index contributed by atoms with van der Waals surface area (Å²) in [6.45, 7) is 10.2. The van der Waals surface area contributed by atoms with E-state index >= 15 is 0 Å². The Hall–Kier alpha value is -2.41. The van der Waals surface area contributed by atoms with Crippen LogP contribution in [-0.4, -0.2) is 34.1 Å². The topological polar surface area (TPSA) is 68.5 Å². The number of hydrogen-bond donors (Lipinski definition) is 0. The maximum atomic E-state index is 12.8. The second-order valence-electron chi connectivity index (χ2n) is 7.72. The van der Waals surface area contributed by atoms with Gasteiger partial charge >= 0.3 is 5.97 Å². The van der Waals surface area contributed by atoms with Gasteiger partial charge in [-0.25, -0.2) is 14.8 Å². The van der Waals surface area contributed by atoms with Crippen LogP contribution >= 0.6 is 15.9 Å². The van der Waals surface area contributed by atoms with E-state index in [0.717, 1.165) is 16.5 Å². The third-order valence-corrected chi connectivity index (χ3v) is 4.73. The number of carbonyl (C=O) groups excluding carboxylic acids is 1. The van der Waals surface area contributed by atoms with Crippen molar-refractivity contribution in [2.45, 2.75) is 38.8 Å². The molecule has 0 aliphatic carbocycles. The molecule has 3 aromatic rings. The van der Waals surface area contributed by atoms with Crippen LogP contribution < -0.4 is 4.90 Å². The Morgan fingerprint density at radius 2 is 2.07 bits per heavy atom. The van der Waals surface area contributed by atoms with E-state index in [-0.39, 0.29) is 5.97 Å². The summed E-state index contributed by atoms with van der Waals surface area (Å²) in [4.78, 5) is 23.7. The molecule has 0 spiro atoms. The third-order valence-electron chi connectivity index (χ3n) is 4.38. The fourth-order valence-electron chi connectivity index (χ4n) is 3.35. The highest BCUT2D eigenvalue weighted by Gasteiger charge is 2.38. The molecule has 1 saturated heterocycles. The molecule has 2 aromatic heterocycles. The summed E-state index contributed by atoms with van der Waals surface area (Å²) in [7, 11) is 0. The van der Waals surface area contributed by atoms with E-state index in [2.05, 4.69) is 32.5 Å². The van der Waals surface area contributed by atoms with Crippen LogP contribution in [0.2, 0.25) is 0 Å². The lowest BCUT2D eigenvalue weighted by atomic mass is 10.1. The first-order valence-corrected chi connectivity index (χ1v) is 9.53. The SMILES string of the molecule is C=C1C[C@@H](C(=O)OC(C)(C)C)N(c2nc(Br)nc3c2oc2ccccc23)C1. The summed E-state index contributed by atoms with van der Waals surface area (Å²) in [5.74, 6) is 0.276. The highest BCUT2D eigenvalue weighted by molar-refractivity contribution is 9.10. The lowest BCUT2D eigenvalue weighted by Gasteiger charge is -2.27. The monoisotopic (exact) mass is 429 g/mol. The van der Waals surface area contributed by atoms with E-state index in [1.54, 1.807) is 0 Å². The van der Waals surface area contributed by atoms with Crippen LogP contribution in [0, 0.1) is 0 Å². The number of aromatic nitrogens is 2. The van der Waals surface area contributed by atoms with Gasteiger partial charge < -0.3 is 14.1 Å². The molecule has 7 heteroatoms. The van der Waals surface area contributed by atoms with E-state index in [4.69, 9.17) is 9.15 Å². The van der Waals surface area contributed by atoms with Crippen molar-refractivity contribution in [3.63, 3.8) is 0 Å². The van der Waals surface area contributed by atoms with Crippen molar-refractivity contribution in [3.8, 4) is 0 Å². The van der Waals surface area contributed by atoms with Crippen LogP contribution in [-0.2, 0) is 9.53 Å². The van der Waals surface area contributed by atoms with Crippen molar-refractivity contribution in [1.82, 2.24) is 9.97 Å². The van der Waals surface area contributed by atoms with Crippen molar-refractivity contribution >= 4 is 49.8 Å². The van der Waals surface area contributed by atoms with Crippen LogP contribution in [0.3, 0.4) is 0 Å². The van der Waals surface area contributed by atoms with E-state index in [1.807, 2.05) is 49.9 Å². The number of para-hydroxylation sites is 1. The average Bonchev–Trinajstić information content (AvgIpc) is 3.13. The maximum absolute atomic E-state index is 12.8. The molecule has 0 N–H and O–H groups in total. The molecule has 1 aliphatic rings. The molecule has 3 heterocycles. The minimum Gasteiger partial charge on any atom is -0.458 e. The van der Waals surface area contributed by atoms with Gasteiger partial charge in [0.2, 0.25) is 0 Å². The van der Waals surface area contributed by atoms with Gasteiger partial charge in [0.25, 0.3) is 0 Å². The Morgan fingerprint density at radius 3 is 2.81 bits per heavy atom. The molecular weight excluding hydrogens is 410 g/mol. The first-order chi connectivity index (χ1) is 12.7. The summed E-state index contributed by atoms with van der Waals surface area (Å²) < 4.78 is 12.1. The number of benzene rings is 1. The lowest BCUT2D eigenvalue weighted by molar-refractivity contribution is -0.156. The molecule has 1 fully saturated rings. The Morgan fingerprint density at radius 1 is 1.33 bits per heavy atom. The second kappa shape index (κ2) is 6.34. The van der Waals surface area contributed by atoms with Crippen molar-refractivity contribution in [2.75, 3.05) is 11.4 Å². The van der Waals surface area contributed by atoms with Gasteiger partial charge in [0.1, 0.15) is 22.7 Å². The van der Waals surface area contributed by atoms with Crippen LogP contribution in [0.1, 0.15) is 27.2 Å². The molecule has 0 bridgehead atoms. The highest BCUT2D eigenvalue weighted by Crippen LogP contribution is 2.37. The average molecular weight is 430 g/mol. The summed E-state index contributed by atoms with van der Waals surface area (Å²) in [5, 5.41) is 0.906. The molecule has 0 radical (unpaired) electrons. The minimum atomic E-state index is -0.562. The normalized spacial score (nSPS) is 17.9. The van der Waals surface area contributed by atoms with E-state index in [9.17, 15) is 4.79 Å². The zero-order valence-corrected chi connectivity index (χ0v) is 17.0. The number of hydrogen-bond acceptors (Lipinski definition) is 6. The fraction of sp³-hybridized carbons (Fsp3) is 0.350. The molecule has 4 rings (SSSR count). The van der Waals surface area contributed by atoms with Gasteiger partial charge in [-0.15, -0.1) is 0 Å². The number of furan rings is 1. The van der Waals surface area contributed by atoms with Gasteiger partial charge in [-0.05, 0) is 48.8 Å². The van der Waals surface area contributed by atoms with Gasteiger partial charge in [-0.2, -0.15) is 0 Å². The summed E-state index contributed by atoms with van der Waals surface area (Å²) in [5.41, 5.74) is 2.39.